The molecule has 4 heterocycles. The van der Waals surface area contributed by atoms with Crippen LogP contribution in [0.1, 0.15) is 76.1 Å². The van der Waals surface area contributed by atoms with Crippen molar-refractivity contribution in [2.45, 2.75) is 71.6 Å². The molecule has 2 aliphatic rings. The van der Waals surface area contributed by atoms with Crippen LogP contribution in [0.2, 0.25) is 0 Å². The van der Waals surface area contributed by atoms with E-state index in [0.717, 1.165) is 63.9 Å². The number of nitrogens with zero attached hydrogens (tertiary/aromatic N) is 5. The fourth-order valence-electron chi connectivity index (χ4n) is 9.13. The molecule has 7 heteroatoms. The summed E-state index contributed by atoms with van der Waals surface area (Å²) in [5, 5.41) is 0. The summed E-state index contributed by atoms with van der Waals surface area (Å²) in [7, 11) is 2.25. The van der Waals surface area contributed by atoms with Gasteiger partial charge >= 0.3 is 277 Å². The first-order valence-electron chi connectivity index (χ1n) is 21.0. The Kier molecular flexibility index (Phi) is 10.2. The maximum absolute atomic E-state index is 6.82. The Morgan fingerprint density at radius 1 is 0.678 bits per heavy atom. The summed E-state index contributed by atoms with van der Waals surface area (Å²) in [4.78, 5) is 10.0. The van der Waals surface area contributed by atoms with Gasteiger partial charge in [0.05, 0.1) is 0 Å². The van der Waals surface area contributed by atoms with Crippen LogP contribution in [-0.2, 0) is 30.2 Å². The number of imidazole rings is 1. The Hall–Kier alpha value is -5.03. The Labute approximate surface area is 360 Å². The molecule has 1 saturated heterocycles. The Morgan fingerprint density at radius 2 is 1.34 bits per heavy atom. The average Bonchev–Trinajstić information content (AvgIpc) is 3.51. The Balaban J connectivity index is 1.09. The average molecular weight is 961 g/mol. The van der Waals surface area contributed by atoms with Crippen LogP contribution in [0.15, 0.2) is 128 Å². The molecule has 0 spiro atoms. The van der Waals surface area contributed by atoms with Crippen molar-refractivity contribution >= 4 is 22.5 Å². The fourth-order valence-corrected chi connectivity index (χ4v) is 10.3. The molecule has 0 radical (unpaired) electrons. The molecule has 7 aromatic rings. The molecule has 1 fully saturated rings. The van der Waals surface area contributed by atoms with Gasteiger partial charge in [-0.15, -0.1) is 0 Å². The van der Waals surface area contributed by atoms with Gasteiger partial charge in [-0.05, 0) is 31.6 Å². The molecule has 59 heavy (non-hydrogen) atoms. The molecule has 9 rings (SSSR count). The number of benzene rings is 5. The van der Waals surface area contributed by atoms with Gasteiger partial charge in [0.15, 0.2) is 0 Å². The number of hydrogen-bond acceptors (Lipinski definition) is 4. The topological polar surface area (TPSA) is 38.5 Å². The van der Waals surface area contributed by atoms with Crippen LogP contribution in [0.3, 0.4) is 0 Å². The number of rotatable bonds is 6. The SMILES string of the molecule is Cc1cc(N2CC3CN(C)CCC3c3ccc(Oc4cccc(-n5[c](=[Pt])n(-c6cc(C(C)(C)C)cc(C(C)(C)C)c6)c6ccccc65)c4)cc32)ncc1-c1ccccc1. The van der Waals surface area contributed by atoms with Gasteiger partial charge in [-0.1, -0.05) is 30.3 Å². The van der Waals surface area contributed by atoms with Crippen LogP contribution in [0.5, 0.6) is 11.5 Å². The minimum Gasteiger partial charge on any atom is -0.0622 e. The fraction of sp³-hybridized carbons (Fsp3) is 0.308. The maximum atomic E-state index is 6.82. The number of aryl methyl sites for hydroxylation is 1. The van der Waals surface area contributed by atoms with E-state index < -0.39 is 0 Å². The zero-order chi connectivity index (χ0) is 41.2. The second-order valence-electron chi connectivity index (χ2n) is 18.7. The van der Waals surface area contributed by atoms with Crippen LogP contribution in [0, 0.1) is 16.6 Å². The molecule has 0 bridgehead atoms. The standard InChI is InChI=1S/C52H55N5O.Pt/c1-35-25-50(53-31-46(35)36-15-10-9-11-16-36)55-33-37-32-54(8)24-23-44(37)45-22-21-43(30-49(45)55)58-42-18-14-17-40(29-42)56-34-57(48-20-13-12-19-47(48)56)41-27-38(51(2,3)4)26-39(28-41)52(5,6)7;/h9-22,25-31,37,44H,23-24,32-33H2,1-8H3;. The van der Waals surface area contributed by atoms with Crippen LogP contribution in [-0.4, -0.2) is 45.7 Å². The van der Waals surface area contributed by atoms with E-state index in [0.29, 0.717) is 11.8 Å². The zero-order valence-electron chi connectivity index (χ0n) is 35.6. The third-order valence-corrected chi connectivity index (χ3v) is 13.4. The molecule has 5 aromatic carbocycles. The number of fused-ring (bicyclic) bond motifs is 4. The number of anilines is 2. The zero-order valence-corrected chi connectivity index (χ0v) is 37.8. The van der Waals surface area contributed by atoms with E-state index in [1.165, 1.54) is 44.8 Å². The van der Waals surface area contributed by atoms with Gasteiger partial charge in [0.25, 0.3) is 0 Å². The number of pyridine rings is 1. The van der Waals surface area contributed by atoms with Gasteiger partial charge in [-0.3, -0.25) is 0 Å². The summed E-state index contributed by atoms with van der Waals surface area (Å²) >= 11 is 2.50. The Morgan fingerprint density at radius 3 is 2.02 bits per heavy atom. The molecule has 0 N–H and O–H groups in total. The van der Waals surface area contributed by atoms with Gasteiger partial charge in [0.1, 0.15) is 0 Å². The summed E-state index contributed by atoms with van der Waals surface area (Å²) in [5.74, 6) is 3.65. The Bertz CT molecular complexity index is 2720. The molecule has 2 unspecified atom stereocenters. The number of hydrogen-bond donors (Lipinski definition) is 0. The molecular weight excluding hydrogens is 906 g/mol. The van der Waals surface area contributed by atoms with Crippen LogP contribution in [0.25, 0.3) is 33.5 Å². The third kappa shape index (κ3) is 7.55. The molecule has 0 aliphatic carbocycles. The van der Waals surface area contributed by atoms with Gasteiger partial charge in [0, 0.05) is 18.3 Å². The minimum absolute atomic E-state index is 0.0111. The second-order valence-corrected chi connectivity index (χ2v) is 19.8. The molecule has 304 valence electrons. The number of likely N-dealkylation sites (tertiary alicyclic amines) is 1. The van der Waals surface area contributed by atoms with E-state index in [9.17, 15) is 0 Å². The summed E-state index contributed by atoms with van der Waals surface area (Å²) in [6.07, 6.45) is 3.21. The molecule has 2 aromatic heterocycles. The first kappa shape index (κ1) is 39.4. The van der Waals surface area contributed by atoms with Gasteiger partial charge < -0.3 is 4.90 Å². The van der Waals surface area contributed by atoms with Crippen molar-refractivity contribution in [3.05, 3.63) is 154 Å². The van der Waals surface area contributed by atoms with Gasteiger partial charge in [0.2, 0.25) is 0 Å². The van der Waals surface area contributed by atoms with Crippen molar-refractivity contribution < 1.29 is 24.1 Å². The summed E-state index contributed by atoms with van der Waals surface area (Å²) < 4.78 is 12.7. The molecule has 6 nitrogen and oxygen atoms in total. The van der Waals surface area contributed by atoms with Crippen molar-refractivity contribution in [3.8, 4) is 34.0 Å². The van der Waals surface area contributed by atoms with Gasteiger partial charge in [-0.2, -0.15) is 0 Å². The predicted octanol–water partition coefficient (Wildman–Crippen LogP) is 12.4. The van der Waals surface area contributed by atoms with Crippen molar-refractivity contribution in [1.82, 2.24) is 19.0 Å². The molecular formula is C52H55N5OPt. The second kappa shape index (κ2) is 15.2. The van der Waals surface area contributed by atoms with Gasteiger partial charge in [-0.25, -0.2) is 0 Å². The van der Waals surface area contributed by atoms with Crippen LogP contribution < -0.4 is 9.64 Å². The van der Waals surface area contributed by atoms with E-state index in [1.807, 2.05) is 6.20 Å². The number of para-hydroxylation sites is 2. The molecule has 2 atom stereocenters. The van der Waals surface area contributed by atoms with E-state index in [-0.39, 0.29) is 10.8 Å². The molecule has 2 aliphatic heterocycles. The quantitative estimate of drug-likeness (QED) is 0.166. The molecule has 0 amide bonds. The first-order valence-corrected chi connectivity index (χ1v) is 22.1. The first-order chi connectivity index (χ1) is 28.2. The summed E-state index contributed by atoms with van der Waals surface area (Å²) in [6.45, 7) is 19.1. The molecule has 0 saturated carbocycles. The monoisotopic (exact) mass is 960 g/mol. The smallest absolute Gasteiger partial charge is 0.0622 e. The van der Waals surface area contributed by atoms with Crippen molar-refractivity contribution in [3.63, 3.8) is 0 Å². The van der Waals surface area contributed by atoms with Crippen LogP contribution in [0.4, 0.5) is 11.5 Å². The minimum atomic E-state index is 0.0111. The predicted molar refractivity (Wildman–Crippen MR) is 240 cm³/mol. The normalized spacial score (nSPS) is 17.2. The number of ether oxygens (including phenoxy) is 1. The van der Waals surface area contributed by atoms with E-state index in [1.54, 1.807) is 0 Å². The summed E-state index contributed by atoms with van der Waals surface area (Å²) in [5.41, 5.74) is 13.4. The summed E-state index contributed by atoms with van der Waals surface area (Å²) in [6, 6.07) is 43.9. The van der Waals surface area contributed by atoms with Crippen molar-refractivity contribution in [2.75, 3.05) is 31.6 Å². The van der Waals surface area contributed by atoms with Crippen molar-refractivity contribution in [1.29, 1.82) is 0 Å². The number of piperidine rings is 1. The van der Waals surface area contributed by atoms with E-state index >= 15 is 0 Å². The number of aromatic nitrogens is 3. The van der Waals surface area contributed by atoms with Crippen LogP contribution >= 0.6 is 0 Å². The van der Waals surface area contributed by atoms with E-state index in [2.05, 4.69) is 215 Å². The third-order valence-electron chi connectivity index (χ3n) is 12.4. The van der Waals surface area contributed by atoms with E-state index in [4.69, 9.17) is 9.72 Å². The van der Waals surface area contributed by atoms with Crippen molar-refractivity contribution in [2.24, 2.45) is 5.92 Å².